The molecule has 0 fully saturated rings. The molecule has 0 aromatic heterocycles. The van der Waals surface area contributed by atoms with Gasteiger partial charge in [0.25, 0.3) is 0 Å². The first-order valence-electron chi connectivity index (χ1n) is 2.79. The molecule has 9 heavy (non-hydrogen) atoms. The van der Waals surface area contributed by atoms with Crippen LogP contribution >= 0.6 is 0 Å². The van der Waals surface area contributed by atoms with Crippen molar-refractivity contribution in [3.63, 3.8) is 0 Å². The van der Waals surface area contributed by atoms with E-state index in [1.165, 1.54) is 12.0 Å². The molecular formula is C5H10BNO2. The number of rotatable bonds is 2. The Morgan fingerprint density at radius 1 is 1.78 bits per heavy atom. The number of hydrogen-bond acceptors (Lipinski definition) is 2. The average molecular weight is 127 g/mol. The highest BCUT2D eigenvalue weighted by molar-refractivity contribution is 6.09. The molecule has 0 saturated carbocycles. The molecule has 0 heterocycles. The van der Waals surface area contributed by atoms with Crippen molar-refractivity contribution >= 4 is 13.9 Å². The van der Waals surface area contributed by atoms with Crippen molar-refractivity contribution in [1.82, 2.24) is 4.90 Å². The smallest absolute Gasteiger partial charge is 0.408 e. The van der Waals surface area contributed by atoms with E-state index < -0.39 is 0 Å². The largest absolute Gasteiger partial charge is 0.453 e. The van der Waals surface area contributed by atoms with Gasteiger partial charge < -0.3 is 9.64 Å². The van der Waals surface area contributed by atoms with E-state index in [1.807, 2.05) is 6.92 Å². The van der Waals surface area contributed by atoms with Crippen LogP contribution in [0.15, 0.2) is 0 Å². The van der Waals surface area contributed by atoms with E-state index in [-0.39, 0.29) is 12.5 Å². The van der Waals surface area contributed by atoms with E-state index in [0.717, 1.165) is 0 Å². The van der Waals surface area contributed by atoms with Crippen LogP contribution in [-0.2, 0) is 4.74 Å². The normalized spacial score (nSPS) is 8.67. The van der Waals surface area contributed by atoms with Crippen molar-refractivity contribution < 1.29 is 9.53 Å². The molecule has 0 bridgehead atoms. The molecule has 0 saturated heterocycles. The topological polar surface area (TPSA) is 29.5 Å². The Morgan fingerprint density at radius 3 is 2.44 bits per heavy atom. The number of ether oxygens (including phenoxy) is 1. The van der Waals surface area contributed by atoms with Gasteiger partial charge in [0.1, 0.15) is 0 Å². The quantitative estimate of drug-likeness (QED) is 0.496. The van der Waals surface area contributed by atoms with E-state index >= 15 is 0 Å². The zero-order valence-electron chi connectivity index (χ0n) is 5.76. The molecule has 1 amide bonds. The zero-order valence-corrected chi connectivity index (χ0v) is 5.76. The van der Waals surface area contributed by atoms with E-state index in [2.05, 4.69) is 4.74 Å². The summed E-state index contributed by atoms with van der Waals surface area (Å²) in [6.45, 7) is 2.42. The minimum atomic E-state index is -0.375. The van der Waals surface area contributed by atoms with Crippen LogP contribution in [0.25, 0.3) is 0 Å². The Morgan fingerprint density at radius 2 is 2.33 bits per heavy atom. The summed E-state index contributed by atoms with van der Waals surface area (Å²) >= 11 is 0. The lowest BCUT2D eigenvalue weighted by Crippen LogP contribution is -2.31. The molecule has 0 aliphatic rings. The molecule has 0 aliphatic heterocycles. The maximum Gasteiger partial charge on any atom is 0.408 e. The van der Waals surface area contributed by atoms with Gasteiger partial charge in [-0.1, -0.05) is 0 Å². The predicted octanol–water partition coefficient (Wildman–Crippen LogP) is 0.201. The third-order valence-electron chi connectivity index (χ3n) is 1.03. The van der Waals surface area contributed by atoms with Gasteiger partial charge in [-0.2, -0.15) is 0 Å². The summed E-state index contributed by atoms with van der Waals surface area (Å²) in [7, 11) is 6.52. The third kappa shape index (κ3) is 2.40. The van der Waals surface area contributed by atoms with Crippen LogP contribution in [0, 0.1) is 0 Å². The fourth-order valence-electron chi connectivity index (χ4n) is 0.462. The van der Waals surface area contributed by atoms with Gasteiger partial charge in [0.15, 0.2) is 0 Å². The van der Waals surface area contributed by atoms with Gasteiger partial charge in [-0.25, -0.2) is 4.79 Å². The van der Waals surface area contributed by atoms with Gasteiger partial charge in [-0.15, -0.1) is 0 Å². The van der Waals surface area contributed by atoms with E-state index in [9.17, 15) is 4.79 Å². The molecule has 0 rings (SSSR count). The summed E-state index contributed by atoms with van der Waals surface area (Å²) in [4.78, 5) is 12.0. The Balaban J connectivity index is 3.64. The Labute approximate surface area is 56.4 Å². The molecule has 0 aliphatic carbocycles. The second-order valence-electron chi connectivity index (χ2n) is 1.51. The van der Waals surface area contributed by atoms with Gasteiger partial charge in [-0.3, -0.25) is 0 Å². The van der Waals surface area contributed by atoms with Crippen LogP contribution in [0.2, 0.25) is 0 Å². The van der Waals surface area contributed by atoms with Crippen LogP contribution in [-0.4, -0.2) is 38.9 Å². The predicted molar refractivity (Wildman–Crippen MR) is 35.4 cm³/mol. The highest BCUT2D eigenvalue weighted by Gasteiger charge is 2.06. The number of methoxy groups -OCH3 is 1. The van der Waals surface area contributed by atoms with Crippen molar-refractivity contribution in [3.8, 4) is 0 Å². The first kappa shape index (κ1) is 8.33. The number of hydrogen-bond donors (Lipinski definition) is 0. The summed E-state index contributed by atoms with van der Waals surface area (Å²) in [6.07, 6.45) is -0.164. The molecule has 50 valence electrons. The van der Waals surface area contributed by atoms with E-state index in [4.69, 9.17) is 7.85 Å². The first-order valence-corrected chi connectivity index (χ1v) is 2.79. The van der Waals surface area contributed by atoms with Crippen LogP contribution in [0.4, 0.5) is 4.79 Å². The molecule has 4 heteroatoms. The Hall–Kier alpha value is -0.665. The van der Waals surface area contributed by atoms with Crippen molar-refractivity contribution in [1.29, 1.82) is 0 Å². The molecule has 0 spiro atoms. The summed E-state index contributed by atoms with van der Waals surface area (Å²) in [5.41, 5.74) is 0. The number of amides is 1. The molecule has 0 aromatic rings. The molecule has 2 radical (unpaired) electrons. The van der Waals surface area contributed by atoms with Crippen molar-refractivity contribution in [2.75, 3.05) is 20.1 Å². The minimum absolute atomic E-state index is 0.211. The second-order valence-corrected chi connectivity index (χ2v) is 1.51. The van der Waals surface area contributed by atoms with Crippen LogP contribution < -0.4 is 0 Å². The standard InChI is InChI=1S/C5H10BNO2/c1-3-7(4-6)5(8)9-2/h3-4H2,1-2H3. The summed E-state index contributed by atoms with van der Waals surface area (Å²) in [5, 5.41) is 0. The van der Waals surface area contributed by atoms with Gasteiger partial charge in [0.2, 0.25) is 0 Å². The van der Waals surface area contributed by atoms with Gasteiger partial charge in [-0.05, 0) is 13.4 Å². The minimum Gasteiger partial charge on any atom is -0.453 e. The van der Waals surface area contributed by atoms with Crippen LogP contribution in [0.3, 0.4) is 0 Å². The molecule has 0 aromatic carbocycles. The summed E-state index contributed by atoms with van der Waals surface area (Å²) < 4.78 is 4.40. The lowest BCUT2D eigenvalue weighted by Gasteiger charge is -2.16. The SMILES string of the molecule is [B]CN(CC)C(=O)OC. The molecular weight excluding hydrogens is 117 g/mol. The van der Waals surface area contributed by atoms with Crippen LogP contribution in [0.1, 0.15) is 6.92 Å². The molecule has 0 unspecified atom stereocenters. The lowest BCUT2D eigenvalue weighted by atomic mass is 10.1. The second kappa shape index (κ2) is 4.24. The summed E-state index contributed by atoms with van der Waals surface area (Å²) in [6, 6.07) is 0. The Bertz CT molecular complexity index is 93.0. The molecule has 0 N–H and O–H groups in total. The Kier molecular flexibility index (Phi) is 3.92. The molecule has 0 atom stereocenters. The highest BCUT2D eigenvalue weighted by atomic mass is 16.5. The number of carbonyl (C=O) groups is 1. The van der Waals surface area contributed by atoms with Crippen molar-refractivity contribution in [3.05, 3.63) is 0 Å². The monoisotopic (exact) mass is 127 g/mol. The number of carbonyl (C=O) groups excluding carboxylic acids is 1. The van der Waals surface area contributed by atoms with E-state index in [1.54, 1.807) is 0 Å². The van der Waals surface area contributed by atoms with E-state index in [0.29, 0.717) is 6.54 Å². The fourth-order valence-corrected chi connectivity index (χ4v) is 0.462. The molecule has 3 nitrogen and oxygen atoms in total. The third-order valence-corrected chi connectivity index (χ3v) is 1.03. The van der Waals surface area contributed by atoms with Gasteiger partial charge >= 0.3 is 6.09 Å². The average Bonchev–Trinajstić information content (AvgIpc) is 1.90. The van der Waals surface area contributed by atoms with Crippen LogP contribution in [0.5, 0.6) is 0 Å². The number of nitrogens with zero attached hydrogens (tertiary/aromatic N) is 1. The van der Waals surface area contributed by atoms with Crippen molar-refractivity contribution in [2.45, 2.75) is 6.92 Å². The fraction of sp³-hybridized carbons (Fsp3) is 0.800. The maximum absolute atomic E-state index is 10.6. The summed E-state index contributed by atoms with van der Waals surface area (Å²) in [5.74, 6) is 0. The maximum atomic E-state index is 10.6. The van der Waals surface area contributed by atoms with Gasteiger partial charge in [0.05, 0.1) is 15.0 Å². The van der Waals surface area contributed by atoms with Gasteiger partial charge in [0, 0.05) is 6.54 Å². The highest BCUT2D eigenvalue weighted by Crippen LogP contribution is 1.88. The zero-order chi connectivity index (χ0) is 7.28. The lowest BCUT2D eigenvalue weighted by molar-refractivity contribution is 0.132. The first-order chi connectivity index (χ1) is 4.26. The van der Waals surface area contributed by atoms with Crippen molar-refractivity contribution in [2.24, 2.45) is 0 Å².